The largest absolute Gasteiger partial charge is 0.364 e. The normalized spacial score (nSPS) is 11.3. The van der Waals surface area contributed by atoms with E-state index in [1.54, 1.807) is 6.20 Å². The number of hydrogen-bond donors (Lipinski definition) is 1. The van der Waals surface area contributed by atoms with Gasteiger partial charge in [0.1, 0.15) is 5.82 Å². The molecule has 5 rings (SSSR count). The van der Waals surface area contributed by atoms with Gasteiger partial charge in [-0.1, -0.05) is 30.3 Å². The molecule has 7 heteroatoms. The van der Waals surface area contributed by atoms with E-state index in [-0.39, 0.29) is 0 Å². The number of aromatic nitrogens is 6. The van der Waals surface area contributed by atoms with Gasteiger partial charge in [-0.25, -0.2) is 15.0 Å². The molecule has 0 aliphatic heterocycles. The zero-order valence-electron chi connectivity index (χ0n) is 14.7. The molecule has 0 fully saturated rings. The van der Waals surface area contributed by atoms with Crippen LogP contribution < -0.4 is 5.32 Å². The van der Waals surface area contributed by atoms with Crippen molar-refractivity contribution < 1.29 is 0 Å². The molecular weight excluding hydrogens is 338 g/mol. The molecule has 5 aromatic rings. The summed E-state index contributed by atoms with van der Waals surface area (Å²) >= 11 is 0. The van der Waals surface area contributed by atoms with E-state index in [1.807, 2.05) is 64.6 Å². The molecule has 0 bridgehead atoms. The van der Waals surface area contributed by atoms with E-state index >= 15 is 0 Å². The Bertz CT molecular complexity index is 1200. The summed E-state index contributed by atoms with van der Waals surface area (Å²) in [6.45, 7) is 2.53. The molecule has 0 saturated carbocycles. The van der Waals surface area contributed by atoms with Crippen molar-refractivity contribution in [3.63, 3.8) is 0 Å². The minimum absolute atomic E-state index is 0.565. The molecule has 1 aromatic carbocycles. The van der Waals surface area contributed by atoms with Gasteiger partial charge in [-0.3, -0.25) is 4.40 Å². The summed E-state index contributed by atoms with van der Waals surface area (Å²) in [6.07, 6.45) is 5.65. The van der Waals surface area contributed by atoms with Gasteiger partial charge < -0.3 is 5.32 Å². The Balaban J connectivity index is 1.52. The van der Waals surface area contributed by atoms with Crippen molar-refractivity contribution in [2.75, 3.05) is 5.32 Å². The average molecular weight is 355 g/mol. The number of anilines is 1. The first kappa shape index (κ1) is 15.5. The minimum atomic E-state index is 0.565. The molecule has 4 heterocycles. The average Bonchev–Trinajstić information content (AvgIpc) is 3.28. The molecule has 0 radical (unpaired) electrons. The topological polar surface area (TPSA) is 72.4 Å². The van der Waals surface area contributed by atoms with Gasteiger partial charge in [-0.15, -0.1) is 0 Å². The molecule has 0 unspecified atom stereocenters. The summed E-state index contributed by atoms with van der Waals surface area (Å²) in [5.74, 6) is 1.56. The van der Waals surface area contributed by atoms with Crippen molar-refractivity contribution in [3.8, 4) is 11.3 Å². The van der Waals surface area contributed by atoms with E-state index in [2.05, 4.69) is 32.5 Å². The molecule has 0 saturated heterocycles. The van der Waals surface area contributed by atoms with Crippen molar-refractivity contribution in [1.29, 1.82) is 0 Å². The molecule has 0 atom stereocenters. The first-order chi connectivity index (χ1) is 13.3. The van der Waals surface area contributed by atoms with Gasteiger partial charge in [0.05, 0.1) is 23.6 Å². The van der Waals surface area contributed by atoms with Crippen molar-refractivity contribution in [2.24, 2.45) is 0 Å². The molecule has 0 spiro atoms. The fourth-order valence-corrected chi connectivity index (χ4v) is 3.12. The Hall–Kier alpha value is -3.74. The van der Waals surface area contributed by atoms with Gasteiger partial charge in [0.25, 0.3) is 0 Å². The van der Waals surface area contributed by atoms with Gasteiger partial charge in [-0.2, -0.15) is 9.61 Å². The number of nitrogens with one attached hydrogen (secondary N) is 1. The third kappa shape index (κ3) is 2.89. The number of nitrogens with zero attached hydrogens (tertiary/aromatic N) is 6. The smallest absolute Gasteiger partial charge is 0.233 e. The first-order valence-electron chi connectivity index (χ1n) is 8.71. The molecule has 132 valence electrons. The highest BCUT2D eigenvalue weighted by atomic mass is 15.3. The van der Waals surface area contributed by atoms with Crippen LogP contribution in [0.4, 0.5) is 5.82 Å². The van der Waals surface area contributed by atoms with Gasteiger partial charge in [0.15, 0.2) is 5.65 Å². The van der Waals surface area contributed by atoms with Crippen LogP contribution in [0, 0.1) is 6.92 Å². The summed E-state index contributed by atoms with van der Waals surface area (Å²) in [5.41, 5.74) is 4.62. The SMILES string of the molecule is Cc1cc2nc(-c3ccccc3)cc(NCc3cn4cccnc4n3)n2n1. The maximum absolute atomic E-state index is 4.75. The third-order valence-corrected chi connectivity index (χ3v) is 4.35. The second kappa shape index (κ2) is 6.21. The van der Waals surface area contributed by atoms with Gasteiger partial charge in [0, 0.05) is 36.3 Å². The standard InChI is InChI=1S/C20H17N7/c1-14-10-19-24-17(15-6-3-2-4-7-15)11-18(27(19)25-14)22-12-16-13-26-9-5-8-21-20(26)23-16/h2-11,13,22H,12H2,1H3. The lowest BCUT2D eigenvalue weighted by atomic mass is 10.1. The van der Waals surface area contributed by atoms with Crippen molar-refractivity contribution in [1.82, 2.24) is 29.0 Å². The highest BCUT2D eigenvalue weighted by Crippen LogP contribution is 2.23. The highest BCUT2D eigenvalue weighted by molar-refractivity contribution is 5.66. The van der Waals surface area contributed by atoms with Crippen LogP contribution in [0.3, 0.4) is 0 Å². The lowest BCUT2D eigenvalue weighted by molar-refractivity contribution is 0.904. The van der Waals surface area contributed by atoms with Crippen LogP contribution in [-0.2, 0) is 6.54 Å². The predicted molar refractivity (Wildman–Crippen MR) is 103 cm³/mol. The van der Waals surface area contributed by atoms with E-state index < -0.39 is 0 Å². The maximum Gasteiger partial charge on any atom is 0.233 e. The fraction of sp³-hybridized carbons (Fsp3) is 0.100. The lowest BCUT2D eigenvalue weighted by Crippen LogP contribution is -2.07. The quantitative estimate of drug-likeness (QED) is 0.535. The van der Waals surface area contributed by atoms with Gasteiger partial charge in [-0.05, 0) is 13.0 Å². The van der Waals surface area contributed by atoms with Crippen molar-refractivity contribution in [3.05, 3.63) is 78.5 Å². The Kier molecular flexibility index (Phi) is 3.57. The van der Waals surface area contributed by atoms with Crippen LogP contribution in [-0.4, -0.2) is 29.0 Å². The van der Waals surface area contributed by atoms with Crippen LogP contribution in [0.15, 0.2) is 67.1 Å². The number of aryl methyl sites for hydroxylation is 1. The Labute approximate surface area is 155 Å². The Morgan fingerprint density at radius 3 is 2.78 bits per heavy atom. The van der Waals surface area contributed by atoms with E-state index in [9.17, 15) is 0 Å². The fourth-order valence-electron chi connectivity index (χ4n) is 3.12. The van der Waals surface area contributed by atoms with Crippen molar-refractivity contribution >= 4 is 17.2 Å². The molecule has 0 amide bonds. The number of rotatable bonds is 4. The summed E-state index contributed by atoms with van der Waals surface area (Å²) in [5, 5.41) is 8.00. The maximum atomic E-state index is 4.75. The lowest BCUT2D eigenvalue weighted by Gasteiger charge is -2.09. The minimum Gasteiger partial charge on any atom is -0.364 e. The van der Waals surface area contributed by atoms with Crippen LogP contribution in [0.25, 0.3) is 22.7 Å². The van der Waals surface area contributed by atoms with E-state index in [1.165, 1.54) is 0 Å². The molecule has 4 aromatic heterocycles. The van der Waals surface area contributed by atoms with Crippen molar-refractivity contribution in [2.45, 2.75) is 13.5 Å². The zero-order valence-corrected chi connectivity index (χ0v) is 14.7. The number of imidazole rings is 1. The van der Waals surface area contributed by atoms with Gasteiger partial charge >= 0.3 is 0 Å². The van der Waals surface area contributed by atoms with E-state index in [0.29, 0.717) is 12.3 Å². The number of fused-ring (bicyclic) bond motifs is 2. The summed E-state index contributed by atoms with van der Waals surface area (Å²) in [4.78, 5) is 13.5. The van der Waals surface area contributed by atoms with Crippen LogP contribution in [0.1, 0.15) is 11.4 Å². The van der Waals surface area contributed by atoms with E-state index in [0.717, 1.165) is 34.1 Å². The zero-order chi connectivity index (χ0) is 18.2. The monoisotopic (exact) mass is 355 g/mol. The molecular formula is C20H17N7. The van der Waals surface area contributed by atoms with Crippen LogP contribution in [0.2, 0.25) is 0 Å². The summed E-state index contributed by atoms with van der Waals surface area (Å²) in [7, 11) is 0. The molecule has 0 aliphatic rings. The molecule has 1 N–H and O–H groups in total. The molecule has 7 nitrogen and oxygen atoms in total. The number of hydrogen-bond acceptors (Lipinski definition) is 5. The van der Waals surface area contributed by atoms with Crippen LogP contribution in [0.5, 0.6) is 0 Å². The Morgan fingerprint density at radius 1 is 1.04 bits per heavy atom. The third-order valence-electron chi connectivity index (χ3n) is 4.35. The second-order valence-corrected chi connectivity index (χ2v) is 6.36. The Morgan fingerprint density at radius 2 is 1.93 bits per heavy atom. The molecule has 0 aliphatic carbocycles. The summed E-state index contributed by atoms with van der Waals surface area (Å²) < 4.78 is 3.74. The second-order valence-electron chi connectivity index (χ2n) is 6.36. The summed E-state index contributed by atoms with van der Waals surface area (Å²) in [6, 6.07) is 16.0. The molecule has 27 heavy (non-hydrogen) atoms. The van der Waals surface area contributed by atoms with Gasteiger partial charge in [0.2, 0.25) is 5.78 Å². The number of benzene rings is 1. The predicted octanol–water partition coefficient (Wildman–Crippen LogP) is 3.36. The first-order valence-corrected chi connectivity index (χ1v) is 8.71. The van der Waals surface area contributed by atoms with E-state index in [4.69, 9.17) is 4.98 Å². The highest BCUT2D eigenvalue weighted by Gasteiger charge is 2.10. The van der Waals surface area contributed by atoms with Crippen LogP contribution >= 0.6 is 0 Å².